The molecule has 2 heterocycles. The number of thiophene rings is 1. The molecular formula is C14H17ClN2OS. The molecule has 0 fully saturated rings. The zero-order valence-electron chi connectivity index (χ0n) is 11.1. The Bertz CT molecular complexity index is 571. The van der Waals surface area contributed by atoms with Gasteiger partial charge in [-0.25, -0.2) is 4.98 Å². The molecule has 0 saturated carbocycles. The highest BCUT2D eigenvalue weighted by Gasteiger charge is 2.22. The van der Waals surface area contributed by atoms with Gasteiger partial charge in [0.05, 0.1) is 16.6 Å². The molecule has 3 rings (SSSR count). The molecule has 0 amide bonds. The fourth-order valence-corrected chi connectivity index (χ4v) is 3.94. The minimum atomic E-state index is 0.375. The van der Waals surface area contributed by atoms with Gasteiger partial charge < -0.3 is 9.73 Å². The zero-order valence-corrected chi connectivity index (χ0v) is 12.7. The van der Waals surface area contributed by atoms with Crippen LogP contribution in [0.3, 0.4) is 0 Å². The minimum absolute atomic E-state index is 0.375. The Morgan fingerprint density at radius 2 is 2.37 bits per heavy atom. The van der Waals surface area contributed by atoms with E-state index in [1.54, 1.807) is 11.3 Å². The highest BCUT2D eigenvalue weighted by Crippen LogP contribution is 2.37. The van der Waals surface area contributed by atoms with Crippen molar-refractivity contribution in [1.82, 2.24) is 10.3 Å². The fourth-order valence-electron chi connectivity index (χ4n) is 2.56. The summed E-state index contributed by atoms with van der Waals surface area (Å²) in [5.41, 5.74) is 2.33. The van der Waals surface area contributed by atoms with Crippen molar-refractivity contribution in [3.8, 4) is 0 Å². The molecule has 19 heavy (non-hydrogen) atoms. The number of aromatic nitrogens is 1. The van der Waals surface area contributed by atoms with E-state index in [-0.39, 0.29) is 0 Å². The predicted molar refractivity (Wildman–Crippen MR) is 77.8 cm³/mol. The SMILES string of the molecule is Cc1nc(CNC2CCCc3sc(Cl)cc32)oc1C. The first kappa shape index (κ1) is 13.2. The number of oxazole rings is 1. The van der Waals surface area contributed by atoms with Gasteiger partial charge in [0, 0.05) is 10.9 Å². The third kappa shape index (κ3) is 2.71. The molecule has 0 aliphatic heterocycles. The lowest BCUT2D eigenvalue weighted by atomic mass is 9.94. The quantitative estimate of drug-likeness (QED) is 0.923. The minimum Gasteiger partial charge on any atom is -0.444 e. The molecule has 0 spiro atoms. The van der Waals surface area contributed by atoms with Crippen LogP contribution in [0.4, 0.5) is 0 Å². The summed E-state index contributed by atoms with van der Waals surface area (Å²) < 4.78 is 6.49. The van der Waals surface area contributed by atoms with E-state index in [9.17, 15) is 0 Å². The average Bonchev–Trinajstić information content (AvgIpc) is 2.89. The molecular weight excluding hydrogens is 280 g/mol. The lowest BCUT2D eigenvalue weighted by molar-refractivity contribution is 0.402. The number of nitrogens with one attached hydrogen (secondary N) is 1. The number of hydrogen-bond acceptors (Lipinski definition) is 4. The monoisotopic (exact) mass is 296 g/mol. The van der Waals surface area contributed by atoms with Crippen LogP contribution < -0.4 is 5.32 Å². The van der Waals surface area contributed by atoms with Crippen molar-refractivity contribution in [2.45, 2.75) is 45.7 Å². The second-order valence-corrected chi connectivity index (χ2v) is 6.77. The van der Waals surface area contributed by atoms with Crippen LogP contribution in [0.15, 0.2) is 10.5 Å². The van der Waals surface area contributed by atoms with E-state index in [1.165, 1.54) is 16.9 Å². The highest BCUT2D eigenvalue weighted by atomic mass is 35.5. The lowest BCUT2D eigenvalue weighted by Crippen LogP contribution is -2.24. The molecule has 1 aliphatic carbocycles. The Labute approximate surface area is 122 Å². The van der Waals surface area contributed by atoms with E-state index in [0.717, 1.165) is 34.5 Å². The van der Waals surface area contributed by atoms with Gasteiger partial charge in [-0.1, -0.05) is 11.6 Å². The summed E-state index contributed by atoms with van der Waals surface area (Å²) in [6.07, 6.45) is 3.52. The molecule has 0 radical (unpaired) electrons. The van der Waals surface area contributed by atoms with Crippen LogP contribution in [-0.4, -0.2) is 4.98 Å². The molecule has 5 heteroatoms. The van der Waals surface area contributed by atoms with Crippen LogP contribution >= 0.6 is 22.9 Å². The van der Waals surface area contributed by atoms with Crippen molar-refractivity contribution in [2.24, 2.45) is 0 Å². The summed E-state index contributed by atoms with van der Waals surface area (Å²) in [4.78, 5) is 5.83. The molecule has 0 bridgehead atoms. The number of aryl methyl sites for hydroxylation is 3. The Kier molecular flexibility index (Phi) is 3.65. The lowest BCUT2D eigenvalue weighted by Gasteiger charge is -2.23. The smallest absolute Gasteiger partial charge is 0.208 e. The van der Waals surface area contributed by atoms with Gasteiger partial charge in [0.25, 0.3) is 0 Å². The summed E-state index contributed by atoms with van der Waals surface area (Å²) in [7, 11) is 0. The highest BCUT2D eigenvalue weighted by molar-refractivity contribution is 7.16. The topological polar surface area (TPSA) is 38.1 Å². The second-order valence-electron chi connectivity index (χ2n) is 5.00. The van der Waals surface area contributed by atoms with Gasteiger partial charge in [0.2, 0.25) is 5.89 Å². The van der Waals surface area contributed by atoms with Crippen molar-refractivity contribution in [3.05, 3.63) is 38.2 Å². The van der Waals surface area contributed by atoms with E-state index in [2.05, 4.69) is 16.4 Å². The number of halogens is 1. The van der Waals surface area contributed by atoms with Crippen LogP contribution in [0.25, 0.3) is 0 Å². The number of fused-ring (bicyclic) bond motifs is 1. The molecule has 102 valence electrons. The molecule has 2 aromatic rings. The largest absolute Gasteiger partial charge is 0.444 e. The third-order valence-corrected chi connectivity index (χ3v) is 5.00. The van der Waals surface area contributed by atoms with Crippen molar-refractivity contribution < 1.29 is 4.42 Å². The fraction of sp³-hybridized carbons (Fsp3) is 0.500. The van der Waals surface area contributed by atoms with Crippen molar-refractivity contribution >= 4 is 22.9 Å². The van der Waals surface area contributed by atoms with Gasteiger partial charge in [0.15, 0.2) is 0 Å². The Morgan fingerprint density at radius 3 is 3.11 bits per heavy atom. The van der Waals surface area contributed by atoms with Crippen LogP contribution in [0.5, 0.6) is 0 Å². The van der Waals surface area contributed by atoms with Crippen molar-refractivity contribution in [3.63, 3.8) is 0 Å². The normalized spacial score (nSPS) is 18.6. The number of hydrogen-bond donors (Lipinski definition) is 1. The van der Waals surface area contributed by atoms with Crippen LogP contribution in [0.1, 0.15) is 46.7 Å². The molecule has 1 atom stereocenters. The van der Waals surface area contributed by atoms with E-state index < -0.39 is 0 Å². The molecule has 0 saturated heterocycles. The van der Waals surface area contributed by atoms with E-state index in [0.29, 0.717) is 12.6 Å². The standard InChI is InChI=1S/C14H17ClN2OS/c1-8-9(2)18-14(17-8)7-16-11-4-3-5-12-10(11)6-13(15)19-12/h6,11,16H,3-5,7H2,1-2H3. The van der Waals surface area contributed by atoms with Crippen molar-refractivity contribution in [1.29, 1.82) is 0 Å². The van der Waals surface area contributed by atoms with Gasteiger partial charge in [-0.2, -0.15) is 0 Å². The first-order chi connectivity index (χ1) is 9.13. The van der Waals surface area contributed by atoms with Crippen LogP contribution in [-0.2, 0) is 13.0 Å². The molecule has 3 nitrogen and oxygen atoms in total. The number of rotatable bonds is 3. The van der Waals surface area contributed by atoms with Gasteiger partial charge in [-0.05, 0) is 44.7 Å². The molecule has 1 aliphatic rings. The van der Waals surface area contributed by atoms with E-state index in [1.807, 2.05) is 13.8 Å². The summed E-state index contributed by atoms with van der Waals surface area (Å²) in [5.74, 6) is 1.67. The first-order valence-electron chi connectivity index (χ1n) is 6.58. The van der Waals surface area contributed by atoms with Gasteiger partial charge in [0.1, 0.15) is 5.76 Å². The average molecular weight is 297 g/mol. The van der Waals surface area contributed by atoms with E-state index >= 15 is 0 Å². The maximum absolute atomic E-state index is 6.12. The van der Waals surface area contributed by atoms with Crippen LogP contribution in [0, 0.1) is 13.8 Å². The molecule has 2 aromatic heterocycles. The van der Waals surface area contributed by atoms with Crippen molar-refractivity contribution in [2.75, 3.05) is 0 Å². The molecule has 1 unspecified atom stereocenters. The predicted octanol–water partition coefficient (Wildman–Crippen LogP) is 4.17. The Hall–Kier alpha value is -0.840. The molecule has 1 N–H and O–H groups in total. The third-order valence-electron chi connectivity index (χ3n) is 3.66. The van der Waals surface area contributed by atoms with Gasteiger partial charge >= 0.3 is 0 Å². The summed E-state index contributed by atoms with van der Waals surface area (Å²) >= 11 is 7.83. The van der Waals surface area contributed by atoms with Crippen LogP contribution in [0.2, 0.25) is 4.34 Å². The molecule has 0 aromatic carbocycles. The van der Waals surface area contributed by atoms with Gasteiger partial charge in [-0.15, -0.1) is 11.3 Å². The number of nitrogens with zero attached hydrogens (tertiary/aromatic N) is 1. The zero-order chi connectivity index (χ0) is 13.4. The summed E-state index contributed by atoms with van der Waals surface area (Å²) in [6, 6.07) is 2.48. The Morgan fingerprint density at radius 1 is 1.53 bits per heavy atom. The van der Waals surface area contributed by atoms with Gasteiger partial charge in [-0.3, -0.25) is 0 Å². The van der Waals surface area contributed by atoms with E-state index in [4.69, 9.17) is 16.0 Å². The second kappa shape index (κ2) is 5.27. The Balaban J connectivity index is 1.71. The summed E-state index contributed by atoms with van der Waals surface area (Å²) in [5, 5.41) is 3.54. The maximum atomic E-state index is 6.12. The summed E-state index contributed by atoms with van der Waals surface area (Å²) in [6.45, 7) is 4.59. The first-order valence-corrected chi connectivity index (χ1v) is 7.77. The maximum Gasteiger partial charge on any atom is 0.208 e.